The van der Waals surface area contributed by atoms with Gasteiger partial charge in [-0.2, -0.15) is 5.26 Å². The molecule has 2 aromatic carbocycles. The highest BCUT2D eigenvalue weighted by Gasteiger charge is 2.12. The third kappa shape index (κ3) is 4.90. The summed E-state index contributed by atoms with van der Waals surface area (Å²) in [5.74, 6) is 1.29. The predicted octanol–water partition coefficient (Wildman–Crippen LogP) is 5.65. The van der Waals surface area contributed by atoms with Gasteiger partial charge in [0.1, 0.15) is 28.9 Å². The first-order valence-corrected chi connectivity index (χ1v) is 9.40. The van der Waals surface area contributed by atoms with Gasteiger partial charge in [-0.25, -0.2) is 0 Å². The number of hydrogen-bond acceptors (Lipinski definition) is 4. The number of furan rings is 1. The number of rotatable bonds is 6. The molecule has 0 atom stereocenters. The summed E-state index contributed by atoms with van der Waals surface area (Å²) in [5.41, 5.74) is 1.43. The summed E-state index contributed by atoms with van der Waals surface area (Å²) in [6.07, 6.45) is 1.42. The topological polar surface area (TPSA) is 75.3 Å². The molecular weight excluding hydrogens is 420 g/mol. The van der Waals surface area contributed by atoms with E-state index in [1.165, 1.54) is 6.08 Å². The second-order valence-corrected chi connectivity index (χ2v) is 6.71. The Hall–Kier alpha value is -3.30. The summed E-state index contributed by atoms with van der Waals surface area (Å²) in [7, 11) is 0. The SMILES string of the molecule is CCOc1ccc(NC(=O)/C(C#N)=C/c2ccc(-c3ccc(Br)cc3)o2)cc1. The van der Waals surface area contributed by atoms with E-state index >= 15 is 0 Å². The summed E-state index contributed by atoms with van der Waals surface area (Å²) in [6.45, 7) is 2.47. The van der Waals surface area contributed by atoms with Crippen molar-refractivity contribution in [1.29, 1.82) is 5.26 Å². The van der Waals surface area contributed by atoms with Crippen LogP contribution in [0.3, 0.4) is 0 Å². The number of nitrogens with one attached hydrogen (secondary N) is 1. The van der Waals surface area contributed by atoms with Gasteiger partial charge in [0.25, 0.3) is 5.91 Å². The van der Waals surface area contributed by atoms with Crippen LogP contribution in [-0.4, -0.2) is 12.5 Å². The molecule has 1 amide bonds. The molecule has 0 aliphatic heterocycles. The van der Waals surface area contributed by atoms with Gasteiger partial charge in [0.15, 0.2) is 0 Å². The Morgan fingerprint density at radius 2 is 1.86 bits per heavy atom. The van der Waals surface area contributed by atoms with Gasteiger partial charge in [0.05, 0.1) is 6.61 Å². The summed E-state index contributed by atoms with van der Waals surface area (Å²) in [5, 5.41) is 12.1. The number of carbonyl (C=O) groups is 1. The van der Waals surface area contributed by atoms with E-state index in [-0.39, 0.29) is 5.57 Å². The van der Waals surface area contributed by atoms with Crippen molar-refractivity contribution in [3.8, 4) is 23.1 Å². The zero-order valence-electron chi connectivity index (χ0n) is 15.1. The summed E-state index contributed by atoms with van der Waals surface area (Å²) >= 11 is 3.39. The Bertz CT molecular complexity index is 1030. The van der Waals surface area contributed by atoms with E-state index in [1.54, 1.807) is 36.4 Å². The number of ether oxygens (including phenoxy) is 1. The maximum absolute atomic E-state index is 12.4. The molecule has 0 fully saturated rings. The molecule has 5 nitrogen and oxygen atoms in total. The monoisotopic (exact) mass is 436 g/mol. The quantitative estimate of drug-likeness (QED) is 0.399. The van der Waals surface area contributed by atoms with E-state index in [0.29, 0.717) is 29.6 Å². The Morgan fingerprint density at radius 1 is 1.14 bits per heavy atom. The van der Waals surface area contributed by atoms with Crippen LogP contribution >= 0.6 is 15.9 Å². The maximum Gasteiger partial charge on any atom is 0.266 e. The van der Waals surface area contributed by atoms with Crippen molar-refractivity contribution in [2.75, 3.05) is 11.9 Å². The van der Waals surface area contributed by atoms with Crippen LogP contribution < -0.4 is 10.1 Å². The first-order valence-electron chi connectivity index (χ1n) is 8.61. The Morgan fingerprint density at radius 3 is 2.50 bits per heavy atom. The molecule has 140 valence electrons. The molecule has 0 aliphatic carbocycles. The van der Waals surface area contributed by atoms with Crippen LogP contribution in [-0.2, 0) is 4.79 Å². The van der Waals surface area contributed by atoms with E-state index in [0.717, 1.165) is 10.0 Å². The third-order valence-electron chi connectivity index (χ3n) is 3.83. The van der Waals surface area contributed by atoms with Gasteiger partial charge in [-0.05, 0) is 55.5 Å². The van der Waals surface area contributed by atoms with E-state index in [9.17, 15) is 10.1 Å². The number of nitriles is 1. The molecule has 3 rings (SSSR count). The zero-order valence-corrected chi connectivity index (χ0v) is 16.7. The van der Waals surface area contributed by atoms with Crippen molar-refractivity contribution in [1.82, 2.24) is 0 Å². The first-order chi connectivity index (χ1) is 13.6. The van der Waals surface area contributed by atoms with Gasteiger partial charge >= 0.3 is 0 Å². The second-order valence-electron chi connectivity index (χ2n) is 5.79. The molecule has 3 aromatic rings. The highest BCUT2D eigenvalue weighted by Crippen LogP contribution is 2.25. The normalized spacial score (nSPS) is 11.0. The minimum Gasteiger partial charge on any atom is -0.494 e. The molecule has 0 radical (unpaired) electrons. The average Bonchev–Trinajstić information content (AvgIpc) is 3.17. The zero-order chi connectivity index (χ0) is 19.9. The van der Waals surface area contributed by atoms with Crippen LogP contribution in [0.25, 0.3) is 17.4 Å². The molecule has 28 heavy (non-hydrogen) atoms. The second kappa shape index (κ2) is 9.07. The lowest BCUT2D eigenvalue weighted by atomic mass is 10.2. The Balaban J connectivity index is 1.73. The van der Waals surface area contributed by atoms with Gasteiger partial charge < -0.3 is 14.5 Å². The highest BCUT2D eigenvalue weighted by molar-refractivity contribution is 9.10. The van der Waals surface area contributed by atoms with Gasteiger partial charge in [-0.3, -0.25) is 4.79 Å². The smallest absolute Gasteiger partial charge is 0.266 e. The van der Waals surface area contributed by atoms with Crippen LogP contribution in [0.5, 0.6) is 5.75 Å². The third-order valence-corrected chi connectivity index (χ3v) is 4.36. The van der Waals surface area contributed by atoms with Crippen molar-refractivity contribution in [2.45, 2.75) is 6.92 Å². The molecule has 0 aliphatic rings. The standard InChI is InChI=1S/C22H17BrN2O3/c1-2-27-19-9-7-18(8-10-19)25-22(26)16(14-24)13-20-11-12-21(28-20)15-3-5-17(23)6-4-15/h3-13H,2H2,1H3,(H,25,26)/b16-13+. The van der Waals surface area contributed by atoms with E-state index in [2.05, 4.69) is 21.2 Å². The van der Waals surface area contributed by atoms with Gasteiger partial charge in [-0.15, -0.1) is 0 Å². The number of carbonyl (C=O) groups excluding carboxylic acids is 1. The fourth-order valence-corrected chi connectivity index (χ4v) is 2.75. The van der Waals surface area contributed by atoms with Crippen LogP contribution in [0.4, 0.5) is 5.69 Å². The predicted molar refractivity (Wildman–Crippen MR) is 112 cm³/mol. The van der Waals surface area contributed by atoms with E-state index in [1.807, 2.05) is 37.3 Å². The van der Waals surface area contributed by atoms with Crippen LogP contribution in [0.1, 0.15) is 12.7 Å². The van der Waals surface area contributed by atoms with Crippen molar-refractivity contribution in [3.05, 3.63) is 76.5 Å². The van der Waals surface area contributed by atoms with Gasteiger partial charge in [-0.1, -0.05) is 28.1 Å². The van der Waals surface area contributed by atoms with Crippen LogP contribution in [0, 0.1) is 11.3 Å². The molecule has 1 aromatic heterocycles. The fraction of sp³-hybridized carbons (Fsp3) is 0.0909. The molecule has 1 N–H and O–H groups in total. The number of hydrogen-bond donors (Lipinski definition) is 1. The molecule has 0 saturated carbocycles. The lowest BCUT2D eigenvalue weighted by molar-refractivity contribution is -0.112. The fourth-order valence-electron chi connectivity index (χ4n) is 2.49. The summed E-state index contributed by atoms with van der Waals surface area (Å²) < 4.78 is 12.1. The summed E-state index contributed by atoms with van der Waals surface area (Å²) in [4.78, 5) is 12.4. The molecule has 0 spiro atoms. The lowest BCUT2D eigenvalue weighted by Gasteiger charge is -2.06. The van der Waals surface area contributed by atoms with Crippen molar-refractivity contribution >= 4 is 33.6 Å². The molecule has 6 heteroatoms. The Labute approximate surface area is 171 Å². The molecule has 1 heterocycles. The molecule has 0 unspecified atom stereocenters. The van der Waals surface area contributed by atoms with Crippen molar-refractivity contribution in [3.63, 3.8) is 0 Å². The first kappa shape index (κ1) is 19.5. The van der Waals surface area contributed by atoms with E-state index < -0.39 is 5.91 Å². The van der Waals surface area contributed by atoms with Gasteiger partial charge in [0, 0.05) is 21.8 Å². The van der Waals surface area contributed by atoms with Crippen molar-refractivity contribution < 1.29 is 13.9 Å². The minimum atomic E-state index is -0.506. The molecule has 0 saturated heterocycles. The number of amides is 1. The van der Waals surface area contributed by atoms with Gasteiger partial charge in [0.2, 0.25) is 0 Å². The number of anilines is 1. The van der Waals surface area contributed by atoms with Crippen molar-refractivity contribution in [2.24, 2.45) is 0 Å². The van der Waals surface area contributed by atoms with Crippen LogP contribution in [0.2, 0.25) is 0 Å². The number of benzene rings is 2. The maximum atomic E-state index is 12.4. The average molecular weight is 437 g/mol. The Kier molecular flexibility index (Phi) is 6.30. The van der Waals surface area contributed by atoms with Crippen LogP contribution in [0.15, 0.2) is 75.1 Å². The summed E-state index contributed by atoms with van der Waals surface area (Å²) in [6, 6.07) is 20.1. The van der Waals surface area contributed by atoms with E-state index in [4.69, 9.17) is 9.15 Å². The molecular formula is C22H17BrN2O3. The lowest BCUT2D eigenvalue weighted by Crippen LogP contribution is -2.13. The number of nitrogens with zero attached hydrogens (tertiary/aromatic N) is 1. The highest BCUT2D eigenvalue weighted by atomic mass is 79.9. The minimum absolute atomic E-state index is 0.0504. The number of halogens is 1. The largest absolute Gasteiger partial charge is 0.494 e. The molecule has 0 bridgehead atoms.